The molecule has 2 aromatic rings. The number of ether oxygens (including phenoxy) is 1. The summed E-state index contributed by atoms with van der Waals surface area (Å²) in [5.74, 6) is 0.849. The number of carbonyl (C=O) groups is 1. The molecule has 1 aromatic heterocycles. The molecule has 0 spiro atoms. The van der Waals surface area contributed by atoms with Gasteiger partial charge in [0.2, 0.25) is 5.76 Å². The normalized spacial score (nSPS) is 9.52. The number of carbonyl (C=O) groups excluding carboxylic acids is 1. The Kier molecular flexibility index (Phi) is 5.21. The maximum atomic E-state index is 11.4. The van der Waals surface area contributed by atoms with Gasteiger partial charge in [-0.2, -0.15) is 10.5 Å². The van der Waals surface area contributed by atoms with Crippen LogP contribution < -0.4 is 10.6 Å². The second-order valence-electron chi connectivity index (χ2n) is 4.45. The second-order valence-corrected chi connectivity index (χ2v) is 4.45. The number of hydrogen-bond donors (Lipinski definition) is 2. The SMILES string of the molecule is CCOC(=O)Nc1ccc(NCc2ccc(C#N)o2)cc1C#N. The van der Waals surface area contributed by atoms with Crippen molar-refractivity contribution >= 4 is 17.5 Å². The number of rotatable bonds is 5. The lowest BCUT2D eigenvalue weighted by molar-refractivity contribution is 0.168. The molecule has 0 fully saturated rings. The average molecular weight is 310 g/mol. The number of nitriles is 2. The van der Waals surface area contributed by atoms with Crippen LogP contribution in [0.1, 0.15) is 24.0 Å². The molecule has 7 heteroatoms. The number of nitrogens with zero attached hydrogens (tertiary/aromatic N) is 2. The Morgan fingerprint density at radius 2 is 2.09 bits per heavy atom. The van der Waals surface area contributed by atoms with E-state index in [0.717, 1.165) is 0 Å². The molecule has 0 saturated carbocycles. The Morgan fingerprint density at radius 3 is 2.74 bits per heavy atom. The van der Waals surface area contributed by atoms with E-state index in [1.54, 1.807) is 37.3 Å². The molecule has 0 saturated heterocycles. The monoisotopic (exact) mass is 310 g/mol. The van der Waals surface area contributed by atoms with E-state index in [9.17, 15) is 10.1 Å². The predicted octanol–water partition coefficient (Wildman–Crippen LogP) is 3.20. The Morgan fingerprint density at radius 1 is 1.26 bits per heavy atom. The molecule has 0 atom stereocenters. The molecule has 116 valence electrons. The van der Waals surface area contributed by atoms with Crippen LogP contribution in [0, 0.1) is 22.7 Å². The molecule has 0 aliphatic rings. The highest BCUT2D eigenvalue weighted by Gasteiger charge is 2.08. The predicted molar refractivity (Wildman–Crippen MR) is 82.6 cm³/mol. The number of anilines is 2. The first-order valence-corrected chi connectivity index (χ1v) is 6.87. The molecule has 2 rings (SSSR count). The van der Waals surface area contributed by atoms with Crippen molar-refractivity contribution in [1.82, 2.24) is 0 Å². The van der Waals surface area contributed by atoms with Crippen LogP contribution in [0.2, 0.25) is 0 Å². The van der Waals surface area contributed by atoms with Crippen molar-refractivity contribution in [2.24, 2.45) is 0 Å². The highest BCUT2D eigenvalue weighted by Crippen LogP contribution is 2.21. The number of benzene rings is 1. The van der Waals surface area contributed by atoms with Gasteiger partial charge in [0, 0.05) is 5.69 Å². The summed E-state index contributed by atoms with van der Waals surface area (Å²) in [6.07, 6.45) is -0.607. The van der Waals surface area contributed by atoms with Gasteiger partial charge >= 0.3 is 6.09 Å². The first-order valence-electron chi connectivity index (χ1n) is 6.87. The van der Waals surface area contributed by atoms with Gasteiger partial charge in [0.15, 0.2) is 0 Å². The van der Waals surface area contributed by atoms with Crippen LogP contribution in [0.4, 0.5) is 16.2 Å². The van der Waals surface area contributed by atoms with Gasteiger partial charge in [0.1, 0.15) is 17.9 Å². The Labute approximate surface area is 133 Å². The molecule has 23 heavy (non-hydrogen) atoms. The van der Waals surface area contributed by atoms with Crippen LogP contribution >= 0.6 is 0 Å². The van der Waals surface area contributed by atoms with E-state index in [2.05, 4.69) is 10.6 Å². The number of amides is 1. The maximum Gasteiger partial charge on any atom is 0.411 e. The Bertz CT molecular complexity index is 783. The van der Waals surface area contributed by atoms with Crippen LogP contribution in [0.15, 0.2) is 34.7 Å². The summed E-state index contributed by atoms with van der Waals surface area (Å²) in [7, 11) is 0. The molecule has 0 aliphatic carbocycles. The number of nitrogens with one attached hydrogen (secondary N) is 2. The summed E-state index contributed by atoms with van der Waals surface area (Å²) >= 11 is 0. The van der Waals surface area contributed by atoms with Gasteiger partial charge in [-0.15, -0.1) is 0 Å². The second kappa shape index (κ2) is 7.53. The van der Waals surface area contributed by atoms with Crippen LogP contribution in [0.25, 0.3) is 0 Å². The highest BCUT2D eigenvalue weighted by atomic mass is 16.5. The third-order valence-corrected chi connectivity index (χ3v) is 2.89. The Balaban J connectivity index is 2.05. The molecule has 0 radical (unpaired) electrons. The van der Waals surface area contributed by atoms with E-state index in [1.165, 1.54) is 0 Å². The van der Waals surface area contributed by atoms with Gasteiger partial charge in [0.25, 0.3) is 0 Å². The topological polar surface area (TPSA) is 111 Å². The lowest BCUT2D eigenvalue weighted by Gasteiger charge is -2.09. The number of hydrogen-bond acceptors (Lipinski definition) is 6. The van der Waals surface area contributed by atoms with Gasteiger partial charge in [-0.1, -0.05) is 0 Å². The zero-order valence-electron chi connectivity index (χ0n) is 12.4. The van der Waals surface area contributed by atoms with Crippen molar-refractivity contribution in [1.29, 1.82) is 10.5 Å². The molecule has 1 aromatic carbocycles. The van der Waals surface area contributed by atoms with Gasteiger partial charge in [-0.25, -0.2) is 4.79 Å². The Hall–Kier alpha value is -3.45. The van der Waals surface area contributed by atoms with Crippen LogP contribution in [-0.2, 0) is 11.3 Å². The van der Waals surface area contributed by atoms with Crippen LogP contribution in [0.5, 0.6) is 0 Å². The zero-order chi connectivity index (χ0) is 16.7. The lowest BCUT2D eigenvalue weighted by Crippen LogP contribution is -2.14. The minimum atomic E-state index is -0.607. The fourth-order valence-corrected chi connectivity index (χ4v) is 1.86. The summed E-state index contributed by atoms with van der Waals surface area (Å²) in [6.45, 7) is 2.32. The third kappa shape index (κ3) is 4.26. The van der Waals surface area contributed by atoms with Gasteiger partial charge < -0.3 is 14.5 Å². The van der Waals surface area contributed by atoms with Gasteiger partial charge in [-0.05, 0) is 37.3 Å². The highest BCUT2D eigenvalue weighted by molar-refractivity contribution is 5.87. The van der Waals surface area contributed by atoms with Crippen molar-refractivity contribution in [2.45, 2.75) is 13.5 Å². The molecular formula is C16H14N4O3. The largest absolute Gasteiger partial charge is 0.450 e. The standard InChI is InChI=1S/C16H14N4O3/c1-2-22-16(21)20-15-6-3-12(7-11(15)8-17)19-10-14-5-4-13(9-18)23-14/h3-7,19H,2,10H2,1H3,(H,20,21). The van der Waals surface area contributed by atoms with E-state index >= 15 is 0 Å². The molecule has 7 nitrogen and oxygen atoms in total. The minimum absolute atomic E-state index is 0.244. The third-order valence-electron chi connectivity index (χ3n) is 2.89. The summed E-state index contributed by atoms with van der Waals surface area (Å²) in [4.78, 5) is 11.4. The summed E-state index contributed by atoms with van der Waals surface area (Å²) < 4.78 is 10.0. The van der Waals surface area contributed by atoms with Crippen molar-refractivity contribution in [3.8, 4) is 12.1 Å². The van der Waals surface area contributed by atoms with Crippen LogP contribution in [0.3, 0.4) is 0 Å². The van der Waals surface area contributed by atoms with E-state index in [4.69, 9.17) is 14.4 Å². The maximum absolute atomic E-state index is 11.4. The summed E-state index contributed by atoms with van der Waals surface area (Å²) in [6, 6.07) is 12.2. The van der Waals surface area contributed by atoms with E-state index in [0.29, 0.717) is 29.2 Å². The fraction of sp³-hybridized carbons (Fsp3) is 0.188. The van der Waals surface area contributed by atoms with Gasteiger partial charge in [-0.3, -0.25) is 5.32 Å². The molecular weight excluding hydrogens is 296 g/mol. The minimum Gasteiger partial charge on any atom is -0.450 e. The number of furan rings is 1. The van der Waals surface area contributed by atoms with E-state index < -0.39 is 6.09 Å². The van der Waals surface area contributed by atoms with Crippen molar-refractivity contribution < 1.29 is 13.9 Å². The average Bonchev–Trinajstić information content (AvgIpc) is 3.02. The van der Waals surface area contributed by atoms with Crippen LogP contribution in [-0.4, -0.2) is 12.7 Å². The van der Waals surface area contributed by atoms with Crippen molar-refractivity contribution in [3.05, 3.63) is 47.4 Å². The molecule has 1 amide bonds. The quantitative estimate of drug-likeness (QED) is 0.877. The smallest absolute Gasteiger partial charge is 0.411 e. The zero-order valence-corrected chi connectivity index (χ0v) is 12.4. The fourth-order valence-electron chi connectivity index (χ4n) is 1.86. The lowest BCUT2D eigenvalue weighted by atomic mass is 10.1. The molecule has 0 aliphatic heterocycles. The van der Waals surface area contributed by atoms with E-state index in [-0.39, 0.29) is 12.4 Å². The van der Waals surface area contributed by atoms with E-state index in [1.807, 2.05) is 12.1 Å². The van der Waals surface area contributed by atoms with Crippen molar-refractivity contribution in [2.75, 3.05) is 17.2 Å². The molecule has 0 bridgehead atoms. The molecule has 2 N–H and O–H groups in total. The summed E-state index contributed by atoms with van der Waals surface area (Å²) in [5, 5.41) is 23.5. The molecule has 1 heterocycles. The van der Waals surface area contributed by atoms with Crippen molar-refractivity contribution in [3.63, 3.8) is 0 Å². The van der Waals surface area contributed by atoms with Gasteiger partial charge in [0.05, 0.1) is 24.4 Å². The molecule has 0 unspecified atom stereocenters. The first-order chi connectivity index (χ1) is 11.2. The first kappa shape index (κ1) is 15.9. The summed E-state index contributed by atoms with van der Waals surface area (Å²) in [5.41, 5.74) is 1.37.